The van der Waals surface area contributed by atoms with Gasteiger partial charge >= 0.3 is 0 Å². The monoisotopic (exact) mass is 340 g/mol. The smallest absolute Gasteiger partial charge is 0.251 e. The molecule has 3 rings (SSSR count). The Bertz CT molecular complexity index is 738. The summed E-state index contributed by atoms with van der Waals surface area (Å²) < 4.78 is 0. The van der Waals surface area contributed by atoms with Gasteiger partial charge in [0.05, 0.1) is 22.4 Å². The lowest BCUT2D eigenvalue weighted by molar-refractivity contribution is 0.0946. The van der Waals surface area contributed by atoms with Crippen LogP contribution < -0.4 is 5.32 Å². The van der Waals surface area contributed by atoms with Crippen molar-refractivity contribution in [2.24, 2.45) is 0 Å². The van der Waals surface area contributed by atoms with E-state index in [1.165, 1.54) is 19.3 Å². The van der Waals surface area contributed by atoms with Gasteiger partial charge in [-0.25, -0.2) is 9.97 Å². The van der Waals surface area contributed by atoms with Crippen molar-refractivity contribution in [1.29, 1.82) is 0 Å². The number of likely N-dealkylation sites (tertiary alicyclic amines) is 1. The van der Waals surface area contributed by atoms with Gasteiger partial charge in [0.2, 0.25) is 0 Å². The molecule has 1 saturated heterocycles. The summed E-state index contributed by atoms with van der Waals surface area (Å²) in [7, 11) is 0. The molecule has 0 spiro atoms. The Labute approximate surface area is 149 Å². The number of nitrogens with one attached hydrogen (secondary N) is 1. The number of fused-ring (bicyclic) bond motifs is 1. The highest BCUT2D eigenvalue weighted by Crippen LogP contribution is 2.16. The second-order valence-corrected chi connectivity index (χ2v) is 6.69. The van der Waals surface area contributed by atoms with Crippen LogP contribution >= 0.6 is 0 Å². The Morgan fingerprint density at radius 3 is 2.40 bits per heavy atom. The molecule has 0 radical (unpaired) electrons. The first-order valence-electron chi connectivity index (χ1n) is 9.51. The van der Waals surface area contributed by atoms with E-state index in [0.29, 0.717) is 12.1 Å². The average Bonchev–Trinajstić information content (AvgIpc) is 2.67. The molecule has 0 saturated carbocycles. The van der Waals surface area contributed by atoms with Crippen molar-refractivity contribution < 1.29 is 4.79 Å². The third-order valence-corrected chi connectivity index (χ3v) is 4.91. The van der Waals surface area contributed by atoms with Crippen LogP contribution in [0.2, 0.25) is 0 Å². The molecule has 134 valence electrons. The summed E-state index contributed by atoms with van der Waals surface area (Å²) in [5, 5.41) is 3.03. The van der Waals surface area contributed by atoms with E-state index in [1.807, 2.05) is 18.2 Å². The van der Waals surface area contributed by atoms with Crippen LogP contribution in [0, 0.1) is 0 Å². The Hall–Kier alpha value is -2.01. The number of amides is 1. The number of hydrogen-bond donors (Lipinski definition) is 1. The van der Waals surface area contributed by atoms with Crippen molar-refractivity contribution in [3.8, 4) is 0 Å². The molecule has 2 aromatic rings. The van der Waals surface area contributed by atoms with Crippen LogP contribution in [0.1, 0.15) is 54.9 Å². The van der Waals surface area contributed by atoms with Crippen LogP contribution in [0.15, 0.2) is 18.2 Å². The fourth-order valence-electron chi connectivity index (χ4n) is 3.45. The van der Waals surface area contributed by atoms with Crippen molar-refractivity contribution >= 4 is 16.9 Å². The predicted octanol–water partition coefficient (Wildman–Crippen LogP) is 2.97. The quantitative estimate of drug-likeness (QED) is 0.878. The summed E-state index contributed by atoms with van der Waals surface area (Å²) in [4.78, 5) is 24.3. The van der Waals surface area contributed by atoms with Gasteiger partial charge in [0.25, 0.3) is 5.91 Å². The molecular weight excluding hydrogens is 312 g/mol. The van der Waals surface area contributed by atoms with Crippen molar-refractivity contribution in [1.82, 2.24) is 20.2 Å². The van der Waals surface area contributed by atoms with Crippen LogP contribution in [0.5, 0.6) is 0 Å². The van der Waals surface area contributed by atoms with Crippen LogP contribution in [-0.4, -0.2) is 47.0 Å². The topological polar surface area (TPSA) is 58.1 Å². The highest BCUT2D eigenvalue weighted by atomic mass is 16.1. The minimum absolute atomic E-state index is 0.0293. The van der Waals surface area contributed by atoms with Crippen LogP contribution in [0.3, 0.4) is 0 Å². The number of carbonyl (C=O) groups is 1. The molecule has 1 aromatic heterocycles. The number of rotatable bonds is 6. The summed E-state index contributed by atoms with van der Waals surface area (Å²) in [6.07, 6.45) is 5.62. The number of benzene rings is 1. The van der Waals surface area contributed by atoms with E-state index in [9.17, 15) is 4.79 Å². The molecule has 0 bridgehead atoms. The minimum Gasteiger partial charge on any atom is -0.351 e. The van der Waals surface area contributed by atoms with Gasteiger partial charge in [-0.2, -0.15) is 0 Å². The molecule has 1 N–H and O–H groups in total. The second-order valence-electron chi connectivity index (χ2n) is 6.69. The van der Waals surface area contributed by atoms with Gasteiger partial charge in [0.1, 0.15) is 0 Å². The van der Waals surface area contributed by atoms with E-state index >= 15 is 0 Å². The molecule has 5 heteroatoms. The zero-order chi connectivity index (χ0) is 17.6. The van der Waals surface area contributed by atoms with Crippen LogP contribution in [0.25, 0.3) is 11.0 Å². The summed E-state index contributed by atoms with van der Waals surface area (Å²) in [6.45, 7) is 8.11. The van der Waals surface area contributed by atoms with Gasteiger partial charge in [-0.1, -0.05) is 20.3 Å². The fourth-order valence-corrected chi connectivity index (χ4v) is 3.45. The molecule has 25 heavy (non-hydrogen) atoms. The summed E-state index contributed by atoms with van der Waals surface area (Å²) >= 11 is 0. The lowest BCUT2D eigenvalue weighted by atomic mass is 10.1. The Morgan fingerprint density at radius 1 is 1.04 bits per heavy atom. The van der Waals surface area contributed by atoms with E-state index in [1.54, 1.807) is 0 Å². The number of piperidine rings is 1. The highest BCUT2D eigenvalue weighted by Gasteiger charge is 2.12. The van der Waals surface area contributed by atoms with E-state index < -0.39 is 0 Å². The van der Waals surface area contributed by atoms with Crippen molar-refractivity contribution in [3.63, 3.8) is 0 Å². The Kier molecular flexibility index (Phi) is 5.97. The number of hydrogen-bond acceptors (Lipinski definition) is 4. The molecule has 1 amide bonds. The average molecular weight is 340 g/mol. The zero-order valence-corrected chi connectivity index (χ0v) is 15.3. The summed E-state index contributed by atoms with van der Waals surface area (Å²) in [5.41, 5.74) is 4.40. The molecule has 1 aliphatic rings. The maximum absolute atomic E-state index is 12.4. The van der Waals surface area contributed by atoms with Gasteiger partial charge in [0.15, 0.2) is 0 Å². The molecule has 0 atom stereocenters. The SMILES string of the molecule is CCc1nc2ccc(C(=O)NCCN3CCCCC3)cc2nc1CC. The van der Waals surface area contributed by atoms with E-state index in [0.717, 1.165) is 54.9 Å². The molecule has 2 heterocycles. The molecule has 1 fully saturated rings. The number of nitrogens with zero attached hydrogens (tertiary/aromatic N) is 3. The molecule has 1 aromatic carbocycles. The number of aryl methyl sites for hydroxylation is 2. The molecule has 5 nitrogen and oxygen atoms in total. The summed E-state index contributed by atoms with van der Waals surface area (Å²) in [6, 6.07) is 5.61. The molecule has 0 unspecified atom stereocenters. The largest absolute Gasteiger partial charge is 0.351 e. The number of aromatic nitrogens is 2. The lowest BCUT2D eigenvalue weighted by Gasteiger charge is -2.26. The predicted molar refractivity (Wildman–Crippen MR) is 101 cm³/mol. The lowest BCUT2D eigenvalue weighted by Crippen LogP contribution is -2.37. The Morgan fingerprint density at radius 2 is 1.72 bits per heavy atom. The van der Waals surface area contributed by atoms with Crippen molar-refractivity contribution in [3.05, 3.63) is 35.2 Å². The van der Waals surface area contributed by atoms with Gasteiger partial charge in [-0.05, 0) is 57.0 Å². The highest BCUT2D eigenvalue weighted by molar-refractivity contribution is 5.97. The molecular formula is C20H28N4O. The molecule has 0 aliphatic carbocycles. The van der Waals surface area contributed by atoms with Gasteiger partial charge in [-0.15, -0.1) is 0 Å². The van der Waals surface area contributed by atoms with Gasteiger partial charge < -0.3 is 10.2 Å². The summed E-state index contributed by atoms with van der Waals surface area (Å²) in [5.74, 6) is -0.0293. The number of carbonyl (C=O) groups excluding carboxylic acids is 1. The van der Waals surface area contributed by atoms with E-state index in [-0.39, 0.29) is 5.91 Å². The van der Waals surface area contributed by atoms with Gasteiger partial charge in [-0.3, -0.25) is 4.79 Å². The first-order valence-corrected chi connectivity index (χ1v) is 9.51. The second kappa shape index (κ2) is 8.39. The van der Waals surface area contributed by atoms with Crippen LogP contribution in [-0.2, 0) is 12.8 Å². The fraction of sp³-hybridized carbons (Fsp3) is 0.550. The first kappa shape index (κ1) is 17.8. The van der Waals surface area contributed by atoms with Crippen molar-refractivity contribution in [2.45, 2.75) is 46.0 Å². The standard InChI is InChI=1S/C20H28N4O/c1-3-16-17(4-2)23-19-14-15(8-9-18(19)22-16)20(25)21-10-13-24-11-6-5-7-12-24/h8-9,14H,3-7,10-13H2,1-2H3,(H,21,25). The van der Waals surface area contributed by atoms with E-state index in [4.69, 9.17) is 4.98 Å². The third-order valence-electron chi connectivity index (χ3n) is 4.91. The normalized spacial score (nSPS) is 15.4. The van der Waals surface area contributed by atoms with E-state index in [2.05, 4.69) is 29.0 Å². The maximum atomic E-state index is 12.4. The van der Waals surface area contributed by atoms with Crippen molar-refractivity contribution in [2.75, 3.05) is 26.2 Å². The van der Waals surface area contributed by atoms with Gasteiger partial charge in [0, 0.05) is 18.7 Å². The van der Waals surface area contributed by atoms with Crippen LogP contribution in [0.4, 0.5) is 0 Å². The first-order chi connectivity index (χ1) is 12.2. The zero-order valence-electron chi connectivity index (χ0n) is 15.3. The maximum Gasteiger partial charge on any atom is 0.251 e. The molecule has 1 aliphatic heterocycles. The Balaban J connectivity index is 1.66. The minimum atomic E-state index is -0.0293. The third kappa shape index (κ3) is 4.34.